The van der Waals surface area contributed by atoms with Gasteiger partial charge in [-0.3, -0.25) is 0 Å². The Bertz CT molecular complexity index is 392. The predicted molar refractivity (Wildman–Crippen MR) is 45.8 cm³/mol. The van der Waals surface area contributed by atoms with Crippen LogP contribution in [0.25, 0.3) is 5.65 Å². The van der Waals surface area contributed by atoms with Crippen molar-refractivity contribution >= 4 is 5.65 Å². The zero-order chi connectivity index (χ0) is 8.55. The Labute approximate surface area is 70.3 Å². The fourth-order valence-electron chi connectivity index (χ4n) is 1.26. The number of imidazole rings is 1. The average Bonchev–Trinajstić information content (AvgIpc) is 2.47. The van der Waals surface area contributed by atoms with Gasteiger partial charge in [0.15, 0.2) is 0 Å². The van der Waals surface area contributed by atoms with Gasteiger partial charge >= 0.3 is 0 Å². The van der Waals surface area contributed by atoms with Crippen molar-refractivity contribution < 1.29 is 5.11 Å². The third kappa shape index (κ3) is 0.987. The van der Waals surface area contributed by atoms with Gasteiger partial charge in [-0.15, -0.1) is 0 Å². The quantitative estimate of drug-likeness (QED) is 0.688. The molecule has 1 N–H and O–H groups in total. The maximum absolute atomic E-state index is 9.35. The van der Waals surface area contributed by atoms with Gasteiger partial charge in [0, 0.05) is 6.20 Å². The van der Waals surface area contributed by atoms with E-state index >= 15 is 0 Å². The van der Waals surface area contributed by atoms with Gasteiger partial charge in [0.25, 0.3) is 0 Å². The molecule has 3 nitrogen and oxygen atoms in total. The Morgan fingerprint density at radius 3 is 3.08 bits per heavy atom. The van der Waals surface area contributed by atoms with Gasteiger partial charge in [-0.1, -0.05) is 6.07 Å². The van der Waals surface area contributed by atoms with E-state index in [1.807, 2.05) is 28.8 Å². The molecular weight excluding hydrogens is 152 g/mol. The van der Waals surface area contributed by atoms with Crippen LogP contribution in [0.2, 0.25) is 0 Å². The standard InChI is InChI=1S/C9H10N2O/c1-7(12)8-6-10-9-4-2-3-5-11(8)9/h2-7,12H,1H3. The lowest BCUT2D eigenvalue weighted by molar-refractivity contribution is 0.193. The molecule has 2 aromatic rings. The number of rotatable bonds is 1. The number of fused-ring (bicyclic) bond motifs is 1. The molecule has 0 saturated heterocycles. The highest BCUT2D eigenvalue weighted by Gasteiger charge is 2.06. The van der Waals surface area contributed by atoms with E-state index in [0.29, 0.717) is 0 Å². The molecule has 62 valence electrons. The van der Waals surface area contributed by atoms with Crippen LogP contribution in [0.1, 0.15) is 18.7 Å². The number of aromatic nitrogens is 2. The van der Waals surface area contributed by atoms with Gasteiger partial charge in [-0.2, -0.15) is 0 Å². The Balaban J connectivity index is 2.70. The third-order valence-electron chi connectivity index (χ3n) is 1.87. The SMILES string of the molecule is CC(O)c1cnc2ccccn12. The summed E-state index contributed by atoms with van der Waals surface area (Å²) < 4.78 is 1.88. The Morgan fingerprint density at radius 1 is 1.50 bits per heavy atom. The van der Waals surface area contributed by atoms with Crippen molar-refractivity contribution in [2.24, 2.45) is 0 Å². The smallest absolute Gasteiger partial charge is 0.136 e. The number of aliphatic hydroxyl groups is 1. The zero-order valence-electron chi connectivity index (χ0n) is 6.81. The van der Waals surface area contributed by atoms with E-state index in [0.717, 1.165) is 11.3 Å². The highest BCUT2D eigenvalue weighted by molar-refractivity contribution is 5.40. The van der Waals surface area contributed by atoms with E-state index < -0.39 is 6.10 Å². The van der Waals surface area contributed by atoms with E-state index in [9.17, 15) is 5.11 Å². The van der Waals surface area contributed by atoms with Crippen LogP contribution in [0.3, 0.4) is 0 Å². The molecule has 3 heteroatoms. The topological polar surface area (TPSA) is 37.5 Å². The first-order valence-corrected chi connectivity index (χ1v) is 3.89. The van der Waals surface area contributed by atoms with Crippen molar-refractivity contribution in [2.75, 3.05) is 0 Å². The third-order valence-corrected chi connectivity index (χ3v) is 1.87. The van der Waals surface area contributed by atoms with Crippen molar-refractivity contribution in [3.63, 3.8) is 0 Å². The first-order valence-electron chi connectivity index (χ1n) is 3.89. The van der Waals surface area contributed by atoms with Crippen LogP contribution in [0, 0.1) is 0 Å². The summed E-state index contributed by atoms with van der Waals surface area (Å²) in [5.41, 5.74) is 1.69. The molecule has 12 heavy (non-hydrogen) atoms. The van der Waals surface area contributed by atoms with Crippen LogP contribution in [-0.4, -0.2) is 14.5 Å². The zero-order valence-corrected chi connectivity index (χ0v) is 6.81. The summed E-state index contributed by atoms with van der Waals surface area (Å²) in [6.07, 6.45) is 3.12. The summed E-state index contributed by atoms with van der Waals surface area (Å²) in [6.45, 7) is 1.73. The molecule has 0 saturated carbocycles. The van der Waals surface area contributed by atoms with Crippen molar-refractivity contribution in [2.45, 2.75) is 13.0 Å². The molecule has 1 atom stereocenters. The Hall–Kier alpha value is -1.35. The molecule has 0 aliphatic heterocycles. The molecule has 2 heterocycles. The summed E-state index contributed by atoms with van der Waals surface area (Å²) in [7, 11) is 0. The lowest BCUT2D eigenvalue weighted by Gasteiger charge is -2.02. The number of hydrogen-bond donors (Lipinski definition) is 1. The maximum atomic E-state index is 9.35. The number of aliphatic hydroxyl groups excluding tert-OH is 1. The summed E-state index contributed by atoms with van der Waals surface area (Å²) in [5, 5.41) is 9.35. The monoisotopic (exact) mass is 162 g/mol. The van der Waals surface area contributed by atoms with Gasteiger partial charge in [-0.25, -0.2) is 4.98 Å². The first kappa shape index (κ1) is 7.31. The predicted octanol–water partition coefficient (Wildman–Crippen LogP) is 1.39. The molecule has 2 aromatic heterocycles. The van der Waals surface area contributed by atoms with E-state index in [-0.39, 0.29) is 0 Å². The minimum atomic E-state index is -0.470. The molecule has 0 fully saturated rings. The normalized spacial score (nSPS) is 13.5. The van der Waals surface area contributed by atoms with Crippen LogP contribution in [0.4, 0.5) is 0 Å². The minimum absolute atomic E-state index is 0.470. The van der Waals surface area contributed by atoms with Crippen molar-refractivity contribution in [3.8, 4) is 0 Å². The van der Waals surface area contributed by atoms with Crippen molar-refractivity contribution in [3.05, 3.63) is 36.3 Å². The molecule has 1 unspecified atom stereocenters. The summed E-state index contributed by atoms with van der Waals surface area (Å²) in [5.74, 6) is 0. The summed E-state index contributed by atoms with van der Waals surface area (Å²) >= 11 is 0. The molecule has 2 rings (SSSR count). The van der Waals surface area contributed by atoms with E-state index in [1.54, 1.807) is 13.1 Å². The Morgan fingerprint density at radius 2 is 2.33 bits per heavy atom. The molecule has 0 aliphatic rings. The Kier molecular flexibility index (Phi) is 1.59. The summed E-state index contributed by atoms with van der Waals surface area (Å²) in [6, 6.07) is 5.75. The van der Waals surface area contributed by atoms with Crippen molar-refractivity contribution in [1.29, 1.82) is 0 Å². The van der Waals surface area contributed by atoms with Crippen LogP contribution in [0.15, 0.2) is 30.6 Å². The van der Waals surface area contributed by atoms with Crippen LogP contribution in [0.5, 0.6) is 0 Å². The molecular formula is C9H10N2O. The maximum Gasteiger partial charge on any atom is 0.136 e. The van der Waals surface area contributed by atoms with Crippen LogP contribution in [-0.2, 0) is 0 Å². The van der Waals surface area contributed by atoms with Gasteiger partial charge in [0.05, 0.1) is 18.0 Å². The van der Waals surface area contributed by atoms with Gasteiger partial charge in [0.1, 0.15) is 5.65 Å². The summed E-state index contributed by atoms with van der Waals surface area (Å²) in [4.78, 5) is 4.14. The average molecular weight is 162 g/mol. The minimum Gasteiger partial charge on any atom is -0.387 e. The van der Waals surface area contributed by atoms with Crippen LogP contribution < -0.4 is 0 Å². The molecule has 0 spiro atoms. The number of hydrogen-bond acceptors (Lipinski definition) is 2. The largest absolute Gasteiger partial charge is 0.387 e. The van der Waals surface area contributed by atoms with Gasteiger partial charge in [-0.05, 0) is 19.1 Å². The lowest BCUT2D eigenvalue weighted by atomic mass is 10.3. The molecule has 0 amide bonds. The number of nitrogens with zero attached hydrogens (tertiary/aromatic N) is 2. The van der Waals surface area contributed by atoms with Gasteiger partial charge < -0.3 is 9.51 Å². The molecule has 0 bridgehead atoms. The highest BCUT2D eigenvalue weighted by atomic mass is 16.3. The van der Waals surface area contributed by atoms with Crippen LogP contribution >= 0.6 is 0 Å². The second-order valence-corrected chi connectivity index (χ2v) is 2.79. The number of pyridine rings is 1. The van der Waals surface area contributed by atoms with E-state index in [4.69, 9.17) is 0 Å². The second kappa shape index (κ2) is 2.60. The van der Waals surface area contributed by atoms with E-state index in [1.165, 1.54) is 0 Å². The molecule has 0 aliphatic carbocycles. The molecule has 0 aromatic carbocycles. The van der Waals surface area contributed by atoms with Crippen molar-refractivity contribution in [1.82, 2.24) is 9.38 Å². The van der Waals surface area contributed by atoms with E-state index in [2.05, 4.69) is 4.98 Å². The lowest BCUT2D eigenvalue weighted by Crippen LogP contribution is -1.95. The second-order valence-electron chi connectivity index (χ2n) is 2.79. The molecule has 0 radical (unpaired) electrons. The first-order chi connectivity index (χ1) is 5.79. The van der Waals surface area contributed by atoms with Gasteiger partial charge in [0.2, 0.25) is 0 Å². The fourth-order valence-corrected chi connectivity index (χ4v) is 1.26. The fraction of sp³-hybridized carbons (Fsp3) is 0.222. The highest BCUT2D eigenvalue weighted by Crippen LogP contribution is 2.13.